The fraction of sp³-hybridized carbons (Fsp3) is 0.325. The number of methoxy groups -OCH3 is 2. The van der Waals surface area contributed by atoms with Gasteiger partial charge in [0.25, 0.3) is 0 Å². The smallest absolute Gasteiger partial charge is 0.170 e. The second-order valence-corrected chi connectivity index (χ2v) is 13.3. The minimum atomic E-state index is -0.793. The van der Waals surface area contributed by atoms with Gasteiger partial charge in [-0.2, -0.15) is 0 Å². The molecule has 1 atom stereocenters. The van der Waals surface area contributed by atoms with Crippen LogP contribution in [0.25, 0.3) is 0 Å². The van der Waals surface area contributed by atoms with Crippen molar-refractivity contribution in [3.05, 3.63) is 130 Å². The number of Topliss-reactive ketones (excluding diaryl/α,β-unsaturated/α-hetero) is 3. The fourth-order valence-electron chi connectivity index (χ4n) is 4.68. The van der Waals surface area contributed by atoms with Gasteiger partial charge < -0.3 is 14.6 Å². The summed E-state index contributed by atoms with van der Waals surface area (Å²) in [5.41, 5.74) is 4.91. The molecule has 1 N–H and O–H groups in total. The highest BCUT2D eigenvalue weighted by Gasteiger charge is 2.18. The van der Waals surface area contributed by atoms with Crippen molar-refractivity contribution in [3.8, 4) is 11.5 Å². The summed E-state index contributed by atoms with van der Waals surface area (Å²) < 4.78 is 10.1. The predicted molar refractivity (Wildman–Crippen MR) is 186 cm³/mol. The summed E-state index contributed by atoms with van der Waals surface area (Å²) in [5.74, 6) is 0.967. The van der Waals surface area contributed by atoms with Crippen molar-refractivity contribution in [1.29, 1.82) is 0 Å². The zero-order valence-electron chi connectivity index (χ0n) is 28.2. The van der Waals surface area contributed by atoms with E-state index >= 15 is 0 Å². The second kappa shape index (κ2) is 15.6. The van der Waals surface area contributed by atoms with Crippen LogP contribution in [0.15, 0.2) is 97.1 Å². The maximum absolute atomic E-state index is 12.3. The van der Waals surface area contributed by atoms with Crippen molar-refractivity contribution in [2.75, 3.05) is 14.2 Å². The number of aliphatic hydroxyl groups is 1. The number of hydrogen-bond donors (Lipinski definition) is 1. The molecule has 4 aromatic carbocycles. The standard InChI is InChI=1S/C20H24O3.C20H22O3.H2/c2*1-20(2,3)16-9-5-14(6-10-16)18(21)13-19(22)15-7-11-17(23-4)12-8-15;/h5-12,18,21H,13H2,1-4H3;5-12H,13H2,1-4H3;1H. The van der Waals surface area contributed by atoms with Crippen molar-refractivity contribution in [3.63, 3.8) is 0 Å². The number of ketones is 3. The van der Waals surface area contributed by atoms with Gasteiger partial charge in [0.1, 0.15) is 11.5 Å². The average molecular weight is 625 g/mol. The normalized spacial score (nSPS) is 11.9. The highest BCUT2D eigenvalue weighted by molar-refractivity contribution is 6.13. The third kappa shape index (κ3) is 10.2. The highest BCUT2D eigenvalue weighted by atomic mass is 16.5. The molecule has 0 fully saturated rings. The first-order valence-corrected chi connectivity index (χ1v) is 15.4. The Bertz CT molecular complexity index is 1590. The quantitative estimate of drug-likeness (QED) is 0.140. The molecule has 0 radical (unpaired) electrons. The van der Waals surface area contributed by atoms with Crippen LogP contribution in [0.4, 0.5) is 0 Å². The first kappa shape index (κ1) is 35.9. The van der Waals surface area contributed by atoms with Gasteiger partial charge in [-0.05, 0) is 76.1 Å². The van der Waals surface area contributed by atoms with E-state index in [2.05, 4.69) is 41.5 Å². The van der Waals surface area contributed by atoms with Crippen LogP contribution in [-0.4, -0.2) is 36.7 Å². The van der Waals surface area contributed by atoms with Crippen molar-refractivity contribution >= 4 is 17.3 Å². The summed E-state index contributed by atoms with van der Waals surface area (Å²) in [6, 6.07) is 29.0. The molecule has 0 bridgehead atoms. The molecule has 4 rings (SSSR count). The minimum absolute atomic E-state index is 0. The average Bonchev–Trinajstić information content (AvgIpc) is 3.04. The van der Waals surface area contributed by atoms with E-state index in [4.69, 9.17) is 9.47 Å². The lowest BCUT2D eigenvalue weighted by molar-refractivity contribution is 0.0872. The van der Waals surface area contributed by atoms with Gasteiger partial charge in [0.05, 0.1) is 26.7 Å². The van der Waals surface area contributed by atoms with E-state index in [1.165, 1.54) is 5.56 Å². The topological polar surface area (TPSA) is 89.9 Å². The molecule has 6 heteroatoms. The van der Waals surface area contributed by atoms with Crippen LogP contribution >= 0.6 is 0 Å². The van der Waals surface area contributed by atoms with E-state index in [9.17, 15) is 19.5 Å². The van der Waals surface area contributed by atoms with Crippen molar-refractivity contribution in [2.24, 2.45) is 0 Å². The molecule has 0 aliphatic rings. The van der Waals surface area contributed by atoms with Gasteiger partial charge in [0.15, 0.2) is 17.3 Å². The Balaban J connectivity index is 0.000000320. The lowest BCUT2D eigenvalue weighted by atomic mass is 9.86. The first-order chi connectivity index (χ1) is 21.6. The van der Waals surface area contributed by atoms with E-state index in [0.29, 0.717) is 28.2 Å². The number of carbonyl (C=O) groups excluding carboxylic acids is 3. The summed E-state index contributed by atoms with van der Waals surface area (Å²) in [5, 5.41) is 10.3. The van der Waals surface area contributed by atoms with Gasteiger partial charge >= 0.3 is 0 Å². The molecular weight excluding hydrogens is 576 g/mol. The maximum atomic E-state index is 12.3. The summed E-state index contributed by atoms with van der Waals surface area (Å²) in [7, 11) is 3.16. The molecule has 6 nitrogen and oxygen atoms in total. The molecule has 0 spiro atoms. The zero-order valence-corrected chi connectivity index (χ0v) is 28.2. The fourth-order valence-corrected chi connectivity index (χ4v) is 4.68. The SMILES string of the molecule is COc1ccc(C(=O)CC(=O)c2ccc(C(C)(C)C)cc2)cc1.COc1ccc(C(=O)CC(O)c2ccc(C(C)(C)C)cc2)cc1.[HH]. The van der Waals surface area contributed by atoms with Crippen molar-refractivity contribution in [2.45, 2.75) is 71.3 Å². The van der Waals surface area contributed by atoms with Crippen LogP contribution in [0.3, 0.4) is 0 Å². The number of carbonyl (C=O) groups is 3. The molecule has 0 aliphatic heterocycles. The van der Waals surface area contributed by atoms with Gasteiger partial charge in [-0.25, -0.2) is 0 Å². The molecule has 0 saturated heterocycles. The summed E-state index contributed by atoms with van der Waals surface area (Å²) >= 11 is 0. The van der Waals surface area contributed by atoms with Gasteiger partial charge in [0, 0.05) is 24.5 Å². The number of benzene rings is 4. The largest absolute Gasteiger partial charge is 0.497 e. The third-order valence-corrected chi connectivity index (χ3v) is 7.76. The van der Waals surface area contributed by atoms with Crippen molar-refractivity contribution in [1.82, 2.24) is 0 Å². The minimum Gasteiger partial charge on any atom is -0.497 e. The molecule has 4 aromatic rings. The Morgan fingerprint density at radius 2 is 0.891 bits per heavy atom. The van der Waals surface area contributed by atoms with Gasteiger partial charge in [-0.15, -0.1) is 0 Å². The molecule has 0 aromatic heterocycles. The Morgan fingerprint density at radius 3 is 1.24 bits per heavy atom. The Labute approximate surface area is 274 Å². The lowest BCUT2D eigenvalue weighted by Crippen LogP contribution is -2.12. The van der Waals surface area contributed by atoms with E-state index in [1.807, 2.05) is 36.4 Å². The molecule has 0 saturated carbocycles. The number of ether oxygens (including phenoxy) is 2. The summed E-state index contributed by atoms with van der Waals surface area (Å²) in [6.07, 6.45) is -0.846. The zero-order chi connectivity index (χ0) is 34.1. The lowest BCUT2D eigenvalue weighted by Gasteiger charge is -2.20. The van der Waals surface area contributed by atoms with E-state index in [1.54, 1.807) is 74.9 Å². The van der Waals surface area contributed by atoms with Gasteiger partial charge in [0.2, 0.25) is 0 Å². The molecule has 244 valence electrons. The van der Waals surface area contributed by atoms with Crippen LogP contribution in [0.2, 0.25) is 0 Å². The van der Waals surface area contributed by atoms with Crippen LogP contribution in [0, 0.1) is 0 Å². The molecular formula is C40H48O6. The van der Waals surface area contributed by atoms with E-state index < -0.39 is 6.10 Å². The van der Waals surface area contributed by atoms with Gasteiger partial charge in [-0.1, -0.05) is 90.1 Å². The van der Waals surface area contributed by atoms with E-state index in [0.717, 1.165) is 11.1 Å². The maximum Gasteiger partial charge on any atom is 0.170 e. The highest BCUT2D eigenvalue weighted by Crippen LogP contribution is 2.26. The van der Waals surface area contributed by atoms with Gasteiger partial charge in [-0.3, -0.25) is 14.4 Å². The van der Waals surface area contributed by atoms with Crippen LogP contribution < -0.4 is 9.47 Å². The number of rotatable bonds is 10. The number of aliphatic hydroxyl groups excluding tert-OH is 1. The molecule has 0 heterocycles. The monoisotopic (exact) mass is 624 g/mol. The van der Waals surface area contributed by atoms with Crippen LogP contribution in [0.5, 0.6) is 11.5 Å². The third-order valence-electron chi connectivity index (χ3n) is 7.76. The summed E-state index contributed by atoms with van der Waals surface area (Å²) in [6.45, 7) is 12.8. The Hall–Kier alpha value is -4.55. The van der Waals surface area contributed by atoms with Crippen molar-refractivity contribution < 1.29 is 30.4 Å². The molecule has 1 unspecified atom stereocenters. The Morgan fingerprint density at radius 1 is 0.565 bits per heavy atom. The second-order valence-electron chi connectivity index (χ2n) is 13.3. The summed E-state index contributed by atoms with van der Waals surface area (Å²) in [4.78, 5) is 36.7. The molecule has 0 amide bonds. The van der Waals surface area contributed by atoms with Crippen LogP contribution in [-0.2, 0) is 10.8 Å². The van der Waals surface area contributed by atoms with E-state index in [-0.39, 0.29) is 42.4 Å². The molecule has 0 aliphatic carbocycles. The van der Waals surface area contributed by atoms with Crippen LogP contribution in [0.1, 0.15) is 110 Å². The molecule has 46 heavy (non-hydrogen) atoms. The number of hydrogen-bond acceptors (Lipinski definition) is 6. The first-order valence-electron chi connectivity index (χ1n) is 15.4. The Kier molecular flexibility index (Phi) is 12.2. The predicted octanol–water partition coefficient (Wildman–Crippen LogP) is 8.99.